The summed E-state index contributed by atoms with van der Waals surface area (Å²) >= 11 is 0. The van der Waals surface area contributed by atoms with Crippen molar-refractivity contribution in [1.82, 2.24) is 0 Å². The van der Waals surface area contributed by atoms with Crippen LogP contribution in [0.1, 0.15) is 89.6 Å². The number of hydrogen-bond acceptors (Lipinski definition) is 2. The minimum atomic E-state index is -0.415. The largest absolute Gasteiger partial charge is 0.366 e. The lowest BCUT2D eigenvalue weighted by atomic mass is 9.88. The Morgan fingerprint density at radius 2 is 0.913 bits per heavy atom. The Balaban J connectivity index is 2.37. The maximum absolute atomic E-state index is 11.8. The van der Waals surface area contributed by atoms with Crippen molar-refractivity contribution in [3.8, 4) is 0 Å². The van der Waals surface area contributed by atoms with Gasteiger partial charge in [0.15, 0.2) is 0 Å². The Morgan fingerprint density at radius 1 is 0.609 bits per heavy atom. The molecule has 2 amide bonds. The van der Waals surface area contributed by atoms with Gasteiger partial charge in [-0.1, -0.05) is 44.9 Å². The average Bonchev–Trinajstić information content (AvgIpc) is 2.53. The SMILES string of the molecule is NC(=O)c1ccc(C(N)=O)c2c1CCCCCCCCCCC2. The normalized spacial score (nSPS) is 17.2. The highest BCUT2D eigenvalue weighted by Crippen LogP contribution is 2.25. The third kappa shape index (κ3) is 4.81. The molecule has 0 saturated carbocycles. The summed E-state index contributed by atoms with van der Waals surface area (Å²) in [6.07, 6.45) is 12.3. The highest BCUT2D eigenvalue weighted by molar-refractivity contribution is 5.99. The first-order valence-electron chi connectivity index (χ1n) is 8.85. The molecule has 0 bridgehead atoms. The molecule has 0 spiro atoms. The highest BCUT2D eigenvalue weighted by atomic mass is 16.1. The van der Waals surface area contributed by atoms with E-state index in [1.54, 1.807) is 12.1 Å². The predicted octanol–water partition coefficient (Wildman–Crippen LogP) is 3.49. The van der Waals surface area contributed by atoms with Crippen LogP contribution in [0.15, 0.2) is 12.1 Å². The minimum Gasteiger partial charge on any atom is -0.366 e. The van der Waals surface area contributed by atoms with Crippen LogP contribution in [-0.4, -0.2) is 11.8 Å². The summed E-state index contributed by atoms with van der Waals surface area (Å²) in [5.41, 5.74) is 14.1. The Morgan fingerprint density at radius 3 is 1.22 bits per heavy atom. The van der Waals surface area contributed by atoms with Crippen molar-refractivity contribution < 1.29 is 9.59 Å². The van der Waals surface area contributed by atoms with Gasteiger partial charge in [-0.05, 0) is 48.9 Å². The summed E-state index contributed by atoms with van der Waals surface area (Å²) in [5, 5.41) is 0. The second-order valence-electron chi connectivity index (χ2n) is 6.53. The fraction of sp³-hybridized carbons (Fsp3) is 0.579. The first-order chi connectivity index (χ1) is 11.1. The van der Waals surface area contributed by atoms with Crippen LogP contribution >= 0.6 is 0 Å². The van der Waals surface area contributed by atoms with Crippen LogP contribution in [0.5, 0.6) is 0 Å². The smallest absolute Gasteiger partial charge is 0.248 e. The number of benzene rings is 1. The van der Waals surface area contributed by atoms with Crippen molar-refractivity contribution >= 4 is 11.8 Å². The van der Waals surface area contributed by atoms with Gasteiger partial charge in [-0.2, -0.15) is 0 Å². The molecule has 23 heavy (non-hydrogen) atoms. The highest BCUT2D eigenvalue weighted by Gasteiger charge is 2.18. The van der Waals surface area contributed by atoms with Crippen LogP contribution in [0.3, 0.4) is 0 Å². The first kappa shape index (κ1) is 17.5. The molecule has 0 saturated heterocycles. The van der Waals surface area contributed by atoms with E-state index in [0.29, 0.717) is 11.1 Å². The van der Waals surface area contributed by atoms with Crippen molar-refractivity contribution in [2.24, 2.45) is 11.5 Å². The van der Waals surface area contributed by atoms with Crippen LogP contribution in [-0.2, 0) is 12.8 Å². The number of carbonyl (C=O) groups is 2. The van der Waals surface area contributed by atoms with Crippen LogP contribution in [0, 0.1) is 0 Å². The van der Waals surface area contributed by atoms with Gasteiger partial charge >= 0.3 is 0 Å². The van der Waals surface area contributed by atoms with Gasteiger partial charge in [0.05, 0.1) is 0 Å². The second kappa shape index (κ2) is 8.70. The van der Waals surface area contributed by atoms with Crippen molar-refractivity contribution in [3.63, 3.8) is 0 Å². The van der Waals surface area contributed by atoms with Crippen molar-refractivity contribution in [1.29, 1.82) is 0 Å². The van der Waals surface area contributed by atoms with E-state index in [9.17, 15) is 9.59 Å². The van der Waals surface area contributed by atoms with Crippen LogP contribution < -0.4 is 11.5 Å². The molecule has 4 heteroatoms. The molecular weight excluding hydrogens is 288 g/mol. The summed E-state index contributed by atoms with van der Waals surface area (Å²) in [6, 6.07) is 3.33. The van der Waals surface area contributed by atoms with E-state index in [2.05, 4.69) is 0 Å². The van der Waals surface area contributed by atoms with Gasteiger partial charge < -0.3 is 11.5 Å². The Hall–Kier alpha value is -1.84. The van der Waals surface area contributed by atoms with E-state index in [-0.39, 0.29) is 0 Å². The molecule has 0 fully saturated rings. The molecular formula is C19H28N2O2. The Bertz CT molecular complexity index is 518. The molecule has 0 heterocycles. The third-order valence-corrected chi connectivity index (χ3v) is 4.82. The number of rotatable bonds is 2. The lowest BCUT2D eigenvalue weighted by Gasteiger charge is -2.16. The molecule has 0 atom stereocenters. The van der Waals surface area contributed by atoms with Gasteiger partial charge in [-0.25, -0.2) is 0 Å². The molecule has 1 aliphatic rings. The summed E-state index contributed by atoms with van der Waals surface area (Å²) in [7, 11) is 0. The lowest BCUT2D eigenvalue weighted by Crippen LogP contribution is -2.20. The van der Waals surface area contributed by atoms with Crippen molar-refractivity contribution in [2.45, 2.75) is 70.6 Å². The number of fused-ring (bicyclic) bond motifs is 1. The second-order valence-corrected chi connectivity index (χ2v) is 6.53. The number of amides is 2. The Kier molecular flexibility index (Phi) is 6.63. The third-order valence-electron chi connectivity index (χ3n) is 4.82. The van der Waals surface area contributed by atoms with Crippen LogP contribution in [0.2, 0.25) is 0 Å². The fourth-order valence-corrected chi connectivity index (χ4v) is 3.57. The van der Waals surface area contributed by atoms with Gasteiger partial charge in [0.2, 0.25) is 11.8 Å². The lowest BCUT2D eigenvalue weighted by molar-refractivity contribution is 0.0986. The number of nitrogens with two attached hydrogens (primary N) is 2. The van der Waals surface area contributed by atoms with Gasteiger partial charge in [0.1, 0.15) is 0 Å². The Labute approximate surface area is 138 Å². The van der Waals surface area contributed by atoms with Gasteiger partial charge in [-0.15, -0.1) is 0 Å². The molecule has 1 aromatic carbocycles. The van der Waals surface area contributed by atoms with Crippen LogP contribution in [0.4, 0.5) is 0 Å². The maximum Gasteiger partial charge on any atom is 0.248 e. The minimum absolute atomic E-state index is 0.415. The molecule has 0 unspecified atom stereocenters. The quantitative estimate of drug-likeness (QED) is 0.875. The number of hydrogen-bond donors (Lipinski definition) is 2. The van der Waals surface area contributed by atoms with E-state index < -0.39 is 11.8 Å². The summed E-state index contributed by atoms with van der Waals surface area (Å²) in [4.78, 5) is 23.6. The van der Waals surface area contributed by atoms with E-state index in [4.69, 9.17) is 11.5 Å². The molecule has 0 aromatic heterocycles. The average molecular weight is 316 g/mol. The molecule has 4 N–H and O–H groups in total. The van der Waals surface area contributed by atoms with Gasteiger partial charge in [-0.3, -0.25) is 9.59 Å². The van der Waals surface area contributed by atoms with E-state index in [0.717, 1.165) is 49.7 Å². The fourth-order valence-electron chi connectivity index (χ4n) is 3.57. The molecule has 2 rings (SSSR count). The van der Waals surface area contributed by atoms with Gasteiger partial charge in [0, 0.05) is 11.1 Å². The molecule has 0 radical (unpaired) electrons. The summed E-state index contributed by atoms with van der Waals surface area (Å²) in [5.74, 6) is -0.830. The molecule has 4 nitrogen and oxygen atoms in total. The van der Waals surface area contributed by atoms with E-state index in [1.807, 2.05) is 0 Å². The zero-order valence-corrected chi connectivity index (χ0v) is 13.9. The van der Waals surface area contributed by atoms with E-state index in [1.165, 1.54) is 32.1 Å². The van der Waals surface area contributed by atoms with Gasteiger partial charge in [0.25, 0.3) is 0 Å². The summed E-state index contributed by atoms with van der Waals surface area (Å²) in [6.45, 7) is 0. The first-order valence-corrected chi connectivity index (χ1v) is 8.85. The molecule has 0 aliphatic heterocycles. The monoisotopic (exact) mass is 316 g/mol. The predicted molar refractivity (Wildman–Crippen MR) is 92.4 cm³/mol. The molecule has 1 aliphatic carbocycles. The summed E-state index contributed by atoms with van der Waals surface area (Å²) < 4.78 is 0. The number of carbonyl (C=O) groups excluding carboxylic acids is 2. The molecule has 1 aromatic rings. The topological polar surface area (TPSA) is 86.2 Å². The zero-order valence-electron chi connectivity index (χ0n) is 13.9. The van der Waals surface area contributed by atoms with E-state index >= 15 is 0 Å². The van der Waals surface area contributed by atoms with Crippen LogP contribution in [0.25, 0.3) is 0 Å². The maximum atomic E-state index is 11.8. The standard InChI is InChI=1S/C19H28N2O2/c20-18(22)16-12-13-17(19(21)23)15-11-9-7-5-3-1-2-4-6-8-10-14(15)16/h12-13H,1-11H2,(H2,20,22)(H2,21,23). The molecule has 126 valence electrons. The van der Waals surface area contributed by atoms with Crippen molar-refractivity contribution in [3.05, 3.63) is 34.4 Å². The zero-order chi connectivity index (χ0) is 16.7. The number of primary amides is 2. The van der Waals surface area contributed by atoms with Crippen molar-refractivity contribution in [2.75, 3.05) is 0 Å².